The molecule has 0 fully saturated rings. The first kappa shape index (κ1) is 18.0. The minimum absolute atomic E-state index is 0. The minimum Gasteiger partial charge on any atom is -0.806 e. The van der Waals surface area contributed by atoms with Gasteiger partial charge in [-0.2, -0.15) is 5.26 Å². The Labute approximate surface area is 120 Å². The van der Waals surface area contributed by atoms with Crippen LogP contribution in [0.15, 0.2) is 9.81 Å². The third kappa shape index (κ3) is 7.50. The summed E-state index contributed by atoms with van der Waals surface area (Å²) in [4.78, 5) is 10.2. The van der Waals surface area contributed by atoms with E-state index in [1.165, 1.54) is 6.07 Å². The van der Waals surface area contributed by atoms with Crippen LogP contribution in [-0.4, -0.2) is 5.91 Å². The van der Waals surface area contributed by atoms with Crippen molar-refractivity contribution in [2.24, 2.45) is 5.73 Å². The molecule has 0 saturated heterocycles. The number of nitriles is 1. The number of rotatable bonds is 1. The summed E-state index contributed by atoms with van der Waals surface area (Å²) in [5.74, 6) is -0.863. The molecule has 2 N–H and O–H groups in total. The molecular weight excluding hydrogens is 202 g/mol. The van der Waals surface area contributed by atoms with Crippen molar-refractivity contribution in [2.75, 3.05) is 0 Å². The first-order valence-corrected chi connectivity index (χ1v) is 2.69. The molecule has 0 atom stereocenters. The average molecular weight is 204 g/mol. The minimum atomic E-state index is -0.863. The fourth-order valence-electron chi connectivity index (χ4n) is 0.201. The Morgan fingerprint density at radius 3 is 1.73 bits per heavy atom. The number of hydrogen-bond donors (Lipinski definition) is 1. The van der Waals surface area contributed by atoms with E-state index < -0.39 is 5.91 Å². The maximum absolute atomic E-state index is 10.2. The van der Waals surface area contributed by atoms with Crippen LogP contribution in [0.25, 0.3) is 0 Å². The first-order chi connectivity index (χ1) is 4.09. The van der Waals surface area contributed by atoms with Gasteiger partial charge in [0.25, 0.3) is 5.91 Å². The first-order valence-electron chi connectivity index (χ1n) is 1.87. The monoisotopic (exact) mass is 204 g/mol. The molecule has 0 aromatic rings. The molecule has 0 aromatic carbocycles. The Hall–Kier alpha value is 1.14. The van der Waals surface area contributed by atoms with E-state index in [0.717, 1.165) is 0 Å². The van der Waals surface area contributed by atoms with E-state index in [-0.39, 0.29) is 68.9 Å². The van der Waals surface area contributed by atoms with Gasteiger partial charge >= 0.3 is 59.1 Å². The zero-order valence-corrected chi connectivity index (χ0v) is 11.9. The van der Waals surface area contributed by atoms with Crippen LogP contribution in [0, 0.1) is 11.3 Å². The summed E-state index contributed by atoms with van der Waals surface area (Å²) in [6.07, 6.45) is 0. The van der Waals surface area contributed by atoms with Gasteiger partial charge in [-0.1, -0.05) is 0 Å². The zero-order valence-electron chi connectivity index (χ0n) is 6.25. The Morgan fingerprint density at radius 2 is 1.73 bits per heavy atom. The summed E-state index contributed by atoms with van der Waals surface area (Å²) in [6.45, 7) is 0. The summed E-state index contributed by atoms with van der Waals surface area (Å²) in [7, 11) is 0. The topological polar surface area (TPSA) is 66.9 Å². The van der Waals surface area contributed by atoms with Gasteiger partial charge in [0.1, 0.15) is 6.07 Å². The van der Waals surface area contributed by atoms with Gasteiger partial charge in [-0.15, -0.1) is 0 Å². The predicted octanol–water partition coefficient (Wildman–Crippen LogP) is -6.69. The van der Waals surface area contributed by atoms with Gasteiger partial charge in [0.05, 0.1) is 5.57 Å². The Balaban J connectivity index is -0.000000320. The second kappa shape index (κ2) is 9.23. The van der Waals surface area contributed by atoms with Crippen molar-refractivity contribution in [1.82, 2.24) is 0 Å². The van der Waals surface area contributed by atoms with Crippen LogP contribution >= 0.6 is 0 Å². The van der Waals surface area contributed by atoms with E-state index in [4.69, 9.17) is 11.0 Å². The zero-order chi connectivity index (χ0) is 7.44. The summed E-state index contributed by atoms with van der Waals surface area (Å²) >= 11 is 8.69. The van der Waals surface area contributed by atoms with E-state index >= 15 is 0 Å². The van der Waals surface area contributed by atoms with Crippen LogP contribution < -0.4 is 64.8 Å². The number of nitrogens with two attached hydrogens (primary N) is 1. The normalized spacial score (nSPS) is 6.09. The van der Waals surface area contributed by atoms with Gasteiger partial charge in [-0.3, -0.25) is 4.79 Å². The number of primary amides is 1. The average Bonchev–Trinajstić information content (AvgIpc) is 1.64. The van der Waals surface area contributed by atoms with E-state index in [1.807, 2.05) is 0 Å². The van der Waals surface area contributed by atoms with Crippen LogP contribution in [0.2, 0.25) is 0 Å². The maximum atomic E-state index is 10.2. The second-order valence-corrected chi connectivity index (χ2v) is 2.21. The van der Waals surface area contributed by atoms with Crippen molar-refractivity contribution >= 4 is 31.2 Å². The molecule has 1 amide bonds. The summed E-state index contributed by atoms with van der Waals surface area (Å²) in [5, 5.41) is 8.12. The van der Waals surface area contributed by atoms with Gasteiger partial charge in [-0.05, 0) is 0 Å². The predicted molar refractivity (Wildman–Crippen MR) is 36.6 cm³/mol. The van der Waals surface area contributed by atoms with E-state index in [9.17, 15) is 4.79 Å². The quantitative estimate of drug-likeness (QED) is 0.199. The number of amides is 1. The summed E-state index contributed by atoms with van der Waals surface area (Å²) in [5.41, 5.74) is 4.38. The van der Waals surface area contributed by atoms with E-state index in [2.05, 4.69) is 25.3 Å². The fraction of sp³-hybridized carbons (Fsp3) is 0. The molecule has 0 bridgehead atoms. The summed E-state index contributed by atoms with van der Waals surface area (Å²) < 4.78 is -0.176. The van der Waals surface area contributed by atoms with Gasteiger partial charge in [-0.25, -0.2) is 0 Å². The standard InChI is InChI=1S/C4H4N2OS2.2Na/c5-1-2(3(6)7)4(8)9;;/h8-9H,(H2,6,7);;/q;2*+1/p-2. The van der Waals surface area contributed by atoms with Crippen LogP contribution in [0.5, 0.6) is 0 Å². The number of carbonyl (C=O) groups is 1. The molecule has 3 nitrogen and oxygen atoms in total. The van der Waals surface area contributed by atoms with Crippen LogP contribution in [0.3, 0.4) is 0 Å². The molecule has 7 heteroatoms. The fourth-order valence-corrected chi connectivity index (χ4v) is 0.494. The van der Waals surface area contributed by atoms with E-state index in [1.54, 1.807) is 0 Å². The van der Waals surface area contributed by atoms with Crippen molar-refractivity contribution in [2.45, 2.75) is 0 Å². The molecule has 0 aliphatic heterocycles. The van der Waals surface area contributed by atoms with Crippen LogP contribution in [-0.2, 0) is 30.1 Å². The maximum Gasteiger partial charge on any atom is 1.00 e. The molecule has 0 aliphatic rings. The second-order valence-electron chi connectivity index (χ2n) is 1.14. The molecule has 0 spiro atoms. The molecule has 0 aromatic heterocycles. The number of nitrogens with zero attached hydrogens (tertiary/aromatic N) is 1. The molecule has 0 saturated carbocycles. The van der Waals surface area contributed by atoms with Crippen molar-refractivity contribution < 1.29 is 63.9 Å². The molecule has 0 unspecified atom stereocenters. The van der Waals surface area contributed by atoms with Crippen molar-refractivity contribution in [3.05, 3.63) is 9.81 Å². The third-order valence-corrected chi connectivity index (χ3v) is 0.971. The molecule has 0 heterocycles. The van der Waals surface area contributed by atoms with Gasteiger partial charge in [0.15, 0.2) is 0 Å². The Kier molecular flexibility index (Phi) is 15.1. The van der Waals surface area contributed by atoms with Crippen LogP contribution in [0.4, 0.5) is 0 Å². The largest absolute Gasteiger partial charge is 1.00 e. The molecule has 0 aliphatic carbocycles. The third-order valence-electron chi connectivity index (χ3n) is 0.562. The summed E-state index contributed by atoms with van der Waals surface area (Å²) in [6, 6.07) is 1.50. The molecule has 48 valence electrons. The van der Waals surface area contributed by atoms with Crippen molar-refractivity contribution in [1.29, 1.82) is 5.26 Å². The van der Waals surface area contributed by atoms with Crippen molar-refractivity contribution in [3.8, 4) is 6.07 Å². The van der Waals surface area contributed by atoms with Gasteiger partial charge in [0.2, 0.25) is 0 Å². The van der Waals surface area contributed by atoms with Gasteiger partial charge < -0.3 is 35.2 Å². The van der Waals surface area contributed by atoms with Crippen LogP contribution in [0.1, 0.15) is 0 Å². The number of hydrogen-bond acceptors (Lipinski definition) is 4. The molecular formula is C4H2N2Na2OS2. The molecule has 11 heavy (non-hydrogen) atoms. The molecule has 0 radical (unpaired) electrons. The smallest absolute Gasteiger partial charge is 0.806 e. The number of carbonyl (C=O) groups excluding carboxylic acids is 1. The van der Waals surface area contributed by atoms with E-state index in [0.29, 0.717) is 0 Å². The Morgan fingerprint density at radius 1 is 1.36 bits per heavy atom. The molecule has 0 rings (SSSR count). The SMILES string of the molecule is N#CC(C(N)=O)=C([S-])[S-].[Na+].[Na+]. The van der Waals surface area contributed by atoms with Crippen molar-refractivity contribution in [3.63, 3.8) is 0 Å². The Bertz CT molecular complexity index is 207. The van der Waals surface area contributed by atoms with Gasteiger partial charge in [0, 0.05) is 0 Å².